The van der Waals surface area contributed by atoms with Crippen LogP contribution in [0.25, 0.3) is 0 Å². The van der Waals surface area contributed by atoms with Crippen LogP contribution in [0, 0.1) is 5.92 Å². The fourth-order valence-electron chi connectivity index (χ4n) is 2.91. The van der Waals surface area contributed by atoms with Crippen LogP contribution in [0.2, 0.25) is 0 Å². The summed E-state index contributed by atoms with van der Waals surface area (Å²) in [5, 5.41) is 0. The fraction of sp³-hybridized carbons (Fsp3) is 0.588. The first-order valence-corrected chi connectivity index (χ1v) is 7.54. The molecule has 2 atom stereocenters. The fourth-order valence-corrected chi connectivity index (χ4v) is 2.91. The number of Topliss-reactive ketones (excluding diaryl/α,β-unsaturated/α-hetero) is 1. The van der Waals surface area contributed by atoms with E-state index in [1.165, 1.54) is 5.56 Å². The van der Waals surface area contributed by atoms with Crippen LogP contribution in [0.1, 0.15) is 25.8 Å². The van der Waals surface area contributed by atoms with E-state index in [9.17, 15) is 4.79 Å². The summed E-state index contributed by atoms with van der Waals surface area (Å²) in [6, 6.07) is 6.25. The summed E-state index contributed by atoms with van der Waals surface area (Å²) >= 11 is 0. The number of carbonyl (C=O) groups excluding carboxylic acids is 1. The van der Waals surface area contributed by atoms with Gasteiger partial charge in [0.2, 0.25) is 0 Å². The van der Waals surface area contributed by atoms with Crippen LogP contribution in [-0.2, 0) is 11.2 Å². The van der Waals surface area contributed by atoms with E-state index in [1.807, 2.05) is 19.1 Å². The van der Waals surface area contributed by atoms with E-state index in [0.717, 1.165) is 31.0 Å². The highest BCUT2D eigenvalue weighted by Crippen LogP contribution is 2.26. The molecule has 0 aliphatic carbocycles. The Morgan fingerprint density at radius 3 is 2.67 bits per heavy atom. The zero-order valence-electron chi connectivity index (χ0n) is 13.4. The number of hydrogen-bond acceptors (Lipinski definition) is 4. The normalized spacial score (nSPS) is 23.1. The Morgan fingerprint density at radius 1 is 1.24 bits per heavy atom. The number of nitrogens with zero attached hydrogens (tertiary/aromatic N) is 1. The van der Waals surface area contributed by atoms with Gasteiger partial charge in [-0.05, 0) is 25.0 Å². The molecule has 0 aromatic heterocycles. The van der Waals surface area contributed by atoms with Crippen molar-refractivity contribution in [3.63, 3.8) is 0 Å². The highest BCUT2D eigenvalue weighted by Gasteiger charge is 2.30. The van der Waals surface area contributed by atoms with E-state index >= 15 is 0 Å². The van der Waals surface area contributed by atoms with Gasteiger partial charge in [-0.2, -0.15) is 0 Å². The predicted octanol–water partition coefficient (Wildman–Crippen LogP) is 2.55. The standard InChI is InChI=1S/C17H25NO3/c1-12-13(2)18(10-8-16(12)19)9-7-14-5-6-15(20-3)11-17(14)21-4/h5-6,11-13H,7-10H2,1-4H3. The zero-order chi connectivity index (χ0) is 15.4. The predicted molar refractivity (Wildman–Crippen MR) is 83.1 cm³/mol. The van der Waals surface area contributed by atoms with Crippen molar-refractivity contribution < 1.29 is 14.3 Å². The Hall–Kier alpha value is -1.55. The van der Waals surface area contributed by atoms with Crippen LogP contribution in [-0.4, -0.2) is 44.0 Å². The van der Waals surface area contributed by atoms with Crippen LogP contribution in [0.3, 0.4) is 0 Å². The van der Waals surface area contributed by atoms with E-state index in [4.69, 9.17) is 9.47 Å². The highest BCUT2D eigenvalue weighted by atomic mass is 16.5. The van der Waals surface area contributed by atoms with Crippen molar-refractivity contribution in [3.05, 3.63) is 23.8 Å². The Kier molecular flexibility index (Phi) is 5.23. The quantitative estimate of drug-likeness (QED) is 0.835. The summed E-state index contributed by atoms with van der Waals surface area (Å²) in [5.74, 6) is 2.20. The molecule has 0 bridgehead atoms. The molecule has 0 amide bonds. The van der Waals surface area contributed by atoms with Crippen molar-refractivity contribution in [2.45, 2.75) is 32.7 Å². The molecular formula is C17H25NO3. The van der Waals surface area contributed by atoms with Crippen molar-refractivity contribution in [2.24, 2.45) is 5.92 Å². The third-order valence-corrected chi connectivity index (χ3v) is 4.62. The lowest BCUT2D eigenvalue weighted by Gasteiger charge is -2.37. The third kappa shape index (κ3) is 3.56. The molecule has 116 valence electrons. The first-order chi connectivity index (χ1) is 10.1. The minimum Gasteiger partial charge on any atom is -0.497 e. The van der Waals surface area contributed by atoms with Gasteiger partial charge in [-0.1, -0.05) is 13.0 Å². The van der Waals surface area contributed by atoms with Gasteiger partial charge in [0, 0.05) is 37.5 Å². The number of carbonyl (C=O) groups is 1. The van der Waals surface area contributed by atoms with Gasteiger partial charge in [0.25, 0.3) is 0 Å². The number of piperidine rings is 1. The summed E-state index contributed by atoms with van der Waals surface area (Å²) in [4.78, 5) is 14.1. The number of hydrogen-bond donors (Lipinski definition) is 0. The first kappa shape index (κ1) is 15.8. The van der Waals surface area contributed by atoms with Gasteiger partial charge < -0.3 is 9.47 Å². The molecule has 1 fully saturated rings. The number of rotatable bonds is 5. The van der Waals surface area contributed by atoms with Gasteiger partial charge in [0.05, 0.1) is 14.2 Å². The number of likely N-dealkylation sites (tertiary alicyclic amines) is 1. The second-order valence-electron chi connectivity index (χ2n) is 5.71. The third-order valence-electron chi connectivity index (χ3n) is 4.62. The molecule has 0 spiro atoms. The summed E-state index contributed by atoms with van der Waals surface area (Å²) in [5.41, 5.74) is 1.18. The molecule has 0 saturated carbocycles. The van der Waals surface area contributed by atoms with Crippen molar-refractivity contribution in [3.8, 4) is 11.5 Å². The maximum absolute atomic E-state index is 11.7. The van der Waals surface area contributed by atoms with Crippen molar-refractivity contribution >= 4 is 5.78 Å². The van der Waals surface area contributed by atoms with Crippen LogP contribution in [0.4, 0.5) is 0 Å². The molecule has 1 aliphatic heterocycles. The van der Waals surface area contributed by atoms with E-state index < -0.39 is 0 Å². The molecule has 1 heterocycles. The molecule has 4 nitrogen and oxygen atoms in total. The van der Waals surface area contributed by atoms with E-state index in [0.29, 0.717) is 18.2 Å². The minimum atomic E-state index is 0.136. The average Bonchev–Trinajstić information content (AvgIpc) is 2.52. The molecule has 1 aromatic carbocycles. The maximum atomic E-state index is 11.7. The molecule has 21 heavy (non-hydrogen) atoms. The largest absolute Gasteiger partial charge is 0.497 e. The Morgan fingerprint density at radius 2 is 2.00 bits per heavy atom. The van der Waals surface area contributed by atoms with Gasteiger partial charge in [-0.25, -0.2) is 0 Å². The lowest BCUT2D eigenvalue weighted by Crippen LogP contribution is -2.47. The number of benzene rings is 1. The molecule has 0 N–H and O–H groups in total. The Labute approximate surface area is 127 Å². The van der Waals surface area contributed by atoms with Crippen molar-refractivity contribution in [1.29, 1.82) is 0 Å². The smallest absolute Gasteiger partial charge is 0.138 e. The van der Waals surface area contributed by atoms with Gasteiger partial charge in [0.15, 0.2) is 0 Å². The first-order valence-electron chi connectivity index (χ1n) is 7.54. The molecule has 1 aromatic rings. The van der Waals surface area contributed by atoms with E-state index in [1.54, 1.807) is 14.2 Å². The molecule has 4 heteroatoms. The van der Waals surface area contributed by atoms with Crippen LogP contribution < -0.4 is 9.47 Å². The monoisotopic (exact) mass is 291 g/mol. The SMILES string of the molecule is COc1ccc(CCN2CCC(=O)C(C)C2C)c(OC)c1. The van der Waals surface area contributed by atoms with Crippen LogP contribution in [0.5, 0.6) is 11.5 Å². The molecule has 0 radical (unpaired) electrons. The van der Waals surface area contributed by atoms with E-state index in [-0.39, 0.29) is 5.92 Å². The topological polar surface area (TPSA) is 38.8 Å². The lowest BCUT2D eigenvalue weighted by molar-refractivity contribution is -0.127. The van der Waals surface area contributed by atoms with Crippen LogP contribution >= 0.6 is 0 Å². The minimum absolute atomic E-state index is 0.136. The molecule has 1 aliphatic rings. The number of ether oxygens (including phenoxy) is 2. The maximum Gasteiger partial charge on any atom is 0.138 e. The van der Waals surface area contributed by atoms with Gasteiger partial charge >= 0.3 is 0 Å². The second kappa shape index (κ2) is 6.94. The van der Waals surface area contributed by atoms with Gasteiger partial charge in [-0.3, -0.25) is 9.69 Å². The van der Waals surface area contributed by atoms with Crippen LogP contribution in [0.15, 0.2) is 18.2 Å². The second-order valence-corrected chi connectivity index (χ2v) is 5.71. The van der Waals surface area contributed by atoms with E-state index in [2.05, 4.69) is 17.9 Å². The van der Waals surface area contributed by atoms with Gasteiger partial charge in [-0.15, -0.1) is 0 Å². The summed E-state index contributed by atoms with van der Waals surface area (Å²) < 4.78 is 10.7. The molecule has 1 saturated heterocycles. The summed E-state index contributed by atoms with van der Waals surface area (Å²) in [6.45, 7) is 5.99. The summed E-state index contributed by atoms with van der Waals surface area (Å²) in [6.07, 6.45) is 1.59. The Balaban J connectivity index is 2.01. The molecule has 2 unspecified atom stereocenters. The van der Waals surface area contributed by atoms with Crippen molar-refractivity contribution in [2.75, 3.05) is 27.3 Å². The number of ketones is 1. The Bertz CT molecular complexity index is 501. The number of methoxy groups -OCH3 is 2. The highest BCUT2D eigenvalue weighted by molar-refractivity contribution is 5.82. The lowest BCUT2D eigenvalue weighted by atomic mass is 9.90. The van der Waals surface area contributed by atoms with Crippen molar-refractivity contribution in [1.82, 2.24) is 4.90 Å². The zero-order valence-corrected chi connectivity index (χ0v) is 13.4. The van der Waals surface area contributed by atoms with Gasteiger partial charge in [0.1, 0.15) is 17.3 Å². The molecular weight excluding hydrogens is 266 g/mol. The summed E-state index contributed by atoms with van der Waals surface area (Å²) in [7, 11) is 3.34. The average molecular weight is 291 g/mol. The molecule has 2 rings (SSSR count).